The zero-order chi connectivity index (χ0) is 20.1. The van der Waals surface area contributed by atoms with Crippen molar-refractivity contribution in [2.75, 3.05) is 23.8 Å². The van der Waals surface area contributed by atoms with E-state index < -0.39 is 0 Å². The first-order valence-electron chi connectivity index (χ1n) is 9.50. The van der Waals surface area contributed by atoms with Crippen LogP contribution in [0.2, 0.25) is 0 Å². The lowest BCUT2D eigenvalue weighted by Gasteiger charge is -2.12. The fourth-order valence-corrected chi connectivity index (χ4v) is 3.26. The fourth-order valence-electron chi connectivity index (χ4n) is 3.26. The van der Waals surface area contributed by atoms with E-state index in [1.165, 1.54) is 0 Å². The lowest BCUT2D eigenvalue weighted by Crippen LogP contribution is -2.14. The molecule has 0 fully saturated rings. The molecule has 4 aromatic rings. The molecule has 3 aromatic carbocycles. The SMILES string of the molecule is O=C(Nc1ccccc1)c1cccc(Cn2c(NCCO)nc3ccccc32)c1. The molecule has 0 radical (unpaired) electrons. The van der Waals surface area contributed by atoms with Crippen molar-refractivity contribution in [3.8, 4) is 0 Å². The van der Waals surface area contributed by atoms with Gasteiger partial charge in [-0.25, -0.2) is 4.98 Å². The van der Waals surface area contributed by atoms with Crippen molar-refractivity contribution in [3.63, 3.8) is 0 Å². The summed E-state index contributed by atoms with van der Waals surface area (Å²) >= 11 is 0. The fraction of sp³-hybridized carbons (Fsp3) is 0.130. The largest absolute Gasteiger partial charge is 0.395 e. The highest BCUT2D eigenvalue weighted by atomic mass is 16.3. The van der Waals surface area contributed by atoms with Crippen LogP contribution in [0, 0.1) is 0 Å². The molecular weight excluding hydrogens is 364 g/mol. The molecule has 3 N–H and O–H groups in total. The van der Waals surface area contributed by atoms with Crippen LogP contribution in [0.5, 0.6) is 0 Å². The smallest absolute Gasteiger partial charge is 0.255 e. The molecule has 0 spiro atoms. The van der Waals surface area contributed by atoms with E-state index in [2.05, 4.69) is 20.2 Å². The van der Waals surface area contributed by atoms with Crippen LogP contribution < -0.4 is 10.6 Å². The second kappa shape index (κ2) is 8.58. The Morgan fingerprint density at radius 1 is 0.966 bits per heavy atom. The Morgan fingerprint density at radius 2 is 1.76 bits per heavy atom. The highest BCUT2D eigenvalue weighted by molar-refractivity contribution is 6.04. The summed E-state index contributed by atoms with van der Waals surface area (Å²) < 4.78 is 2.05. The number of benzene rings is 3. The van der Waals surface area contributed by atoms with Crippen molar-refractivity contribution < 1.29 is 9.90 Å². The number of amides is 1. The first-order valence-corrected chi connectivity index (χ1v) is 9.50. The molecule has 0 atom stereocenters. The van der Waals surface area contributed by atoms with Gasteiger partial charge in [0.2, 0.25) is 5.95 Å². The van der Waals surface area contributed by atoms with Crippen LogP contribution in [0.3, 0.4) is 0 Å². The molecule has 0 unspecified atom stereocenters. The van der Waals surface area contributed by atoms with Gasteiger partial charge in [-0.2, -0.15) is 0 Å². The topological polar surface area (TPSA) is 79.2 Å². The van der Waals surface area contributed by atoms with E-state index >= 15 is 0 Å². The summed E-state index contributed by atoms with van der Waals surface area (Å²) in [6.45, 7) is 1.00. The number of aliphatic hydroxyl groups is 1. The molecule has 6 nitrogen and oxygen atoms in total. The van der Waals surface area contributed by atoms with E-state index in [9.17, 15) is 4.79 Å². The van der Waals surface area contributed by atoms with Crippen molar-refractivity contribution >= 4 is 28.6 Å². The highest BCUT2D eigenvalue weighted by Crippen LogP contribution is 2.21. The molecule has 0 bridgehead atoms. The van der Waals surface area contributed by atoms with Crippen molar-refractivity contribution in [1.29, 1.82) is 0 Å². The van der Waals surface area contributed by atoms with Gasteiger partial charge in [-0.1, -0.05) is 42.5 Å². The van der Waals surface area contributed by atoms with Gasteiger partial charge in [0.05, 0.1) is 24.2 Å². The molecule has 29 heavy (non-hydrogen) atoms. The molecule has 6 heteroatoms. The maximum Gasteiger partial charge on any atom is 0.255 e. The zero-order valence-corrected chi connectivity index (χ0v) is 15.9. The minimum atomic E-state index is -0.146. The van der Waals surface area contributed by atoms with Gasteiger partial charge in [-0.3, -0.25) is 4.79 Å². The number of rotatable bonds is 7. The number of para-hydroxylation sites is 3. The van der Waals surface area contributed by atoms with E-state index in [1.54, 1.807) is 6.07 Å². The minimum Gasteiger partial charge on any atom is -0.395 e. The monoisotopic (exact) mass is 386 g/mol. The molecule has 4 rings (SSSR count). The van der Waals surface area contributed by atoms with Crippen LogP contribution >= 0.6 is 0 Å². The summed E-state index contributed by atoms with van der Waals surface area (Å²) in [5, 5.41) is 15.2. The van der Waals surface area contributed by atoms with Gasteiger partial charge in [0, 0.05) is 17.8 Å². The number of anilines is 2. The molecule has 0 saturated heterocycles. The van der Waals surface area contributed by atoms with E-state index in [0.717, 1.165) is 22.3 Å². The van der Waals surface area contributed by atoms with E-state index in [4.69, 9.17) is 5.11 Å². The Balaban J connectivity index is 1.60. The summed E-state index contributed by atoms with van der Waals surface area (Å²) in [7, 11) is 0. The third-order valence-corrected chi connectivity index (χ3v) is 4.61. The Morgan fingerprint density at radius 3 is 2.59 bits per heavy atom. The van der Waals surface area contributed by atoms with Gasteiger partial charge in [0.15, 0.2) is 0 Å². The Hall–Kier alpha value is -3.64. The van der Waals surface area contributed by atoms with Gasteiger partial charge in [-0.15, -0.1) is 0 Å². The first kappa shape index (κ1) is 18.7. The normalized spacial score (nSPS) is 10.8. The van der Waals surface area contributed by atoms with Crippen molar-refractivity contribution in [1.82, 2.24) is 9.55 Å². The molecule has 1 heterocycles. The standard InChI is InChI=1S/C23H22N4O2/c28-14-13-24-23-26-20-11-4-5-12-21(20)27(23)16-17-7-6-8-18(15-17)22(29)25-19-9-2-1-3-10-19/h1-12,15,28H,13-14,16H2,(H,24,26)(H,25,29). The second-order valence-electron chi connectivity index (χ2n) is 6.68. The number of fused-ring (bicyclic) bond motifs is 1. The molecule has 0 aliphatic rings. The van der Waals surface area contributed by atoms with Crippen molar-refractivity contribution in [2.24, 2.45) is 0 Å². The van der Waals surface area contributed by atoms with Crippen LogP contribution in [0.25, 0.3) is 11.0 Å². The highest BCUT2D eigenvalue weighted by Gasteiger charge is 2.12. The number of hydrogen-bond donors (Lipinski definition) is 3. The molecule has 0 saturated carbocycles. The summed E-state index contributed by atoms with van der Waals surface area (Å²) in [4.78, 5) is 17.2. The number of imidazole rings is 1. The molecule has 1 aromatic heterocycles. The third kappa shape index (κ3) is 4.28. The van der Waals surface area contributed by atoms with Gasteiger partial charge >= 0.3 is 0 Å². The van der Waals surface area contributed by atoms with Crippen LogP contribution in [0.15, 0.2) is 78.9 Å². The molecule has 0 aliphatic carbocycles. The molecule has 146 valence electrons. The Bertz CT molecular complexity index is 1120. The average molecular weight is 386 g/mol. The Kier molecular flexibility index (Phi) is 5.54. The predicted octanol–water partition coefficient (Wildman–Crippen LogP) is 3.74. The van der Waals surface area contributed by atoms with Crippen LogP contribution in [0.1, 0.15) is 15.9 Å². The molecule has 1 amide bonds. The quantitative estimate of drug-likeness (QED) is 0.452. The number of carbonyl (C=O) groups is 1. The number of aliphatic hydroxyl groups excluding tert-OH is 1. The number of carbonyl (C=O) groups excluding carboxylic acids is 1. The Labute approximate surface area is 168 Å². The summed E-state index contributed by atoms with van der Waals surface area (Å²) in [6.07, 6.45) is 0. The van der Waals surface area contributed by atoms with Gasteiger partial charge < -0.3 is 20.3 Å². The first-order chi connectivity index (χ1) is 14.2. The zero-order valence-electron chi connectivity index (χ0n) is 15.9. The number of nitrogens with one attached hydrogen (secondary N) is 2. The summed E-state index contributed by atoms with van der Waals surface area (Å²) in [5.74, 6) is 0.548. The van der Waals surface area contributed by atoms with E-state index in [0.29, 0.717) is 24.6 Å². The van der Waals surface area contributed by atoms with E-state index in [1.807, 2.05) is 72.8 Å². The second-order valence-corrected chi connectivity index (χ2v) is 6.68. The average Bonchev–Trinajstić information content (AvgIpc) is 3.10. The lowest BCUT2D eigenvalue weighted by atomic mass is 10.1. The predicted molar refractivity (Wildman–Crippen MR) is 115 cm³/mol. The number of hydrogen-bond acceptors (Lipinski definition) is 4. The third-order valence-electron chi connectivity index (χ3n) is 4.61. The van der Waals surface area contributed by atoms with Crippen LogP contribution in [-0.4, -0.2) is 33.7 Å². The number of aromatic nitrogens is 2. The van der Waals surface area contributed by atoms with Crippen LogP contribution in [-0.2, 0) is 6.54 Å². The maximum atomic E-state index is 12.6. The summed E-state index contributed by atoms with van der Waals surface area (Å²) in [6, 6.07) is 24.9. The van der Waals surface area contributed by atoms with Gasteiger partial charge in [-0.05, 0) is 42.0 Å². The lowest BCUT2D eigenvalue weighted by molar-refractivity contribution is 0.102. The van der Waals surface area contributed by atoms with E-state index in [-0.39, 0.29) is 12.5 Å². The van der Waals surface area contributed by atoms with Crippen LogP contribution in [0.4, 0.5) is 11.6 Å². The summed E-state index contributed by atoms with van der Waals surface area (Å²) in [5.41, 5.74) is 4.22. The number of nitrogens with zero attached hydrogens (tertiary/aromatic N) is 2. The molecule has 0 aliphatic heterocycles. The molecular formula is C23H22N4O2. The van der Waals surface area contributed by atoms with Crippen molar-refractivity contribution in [3.05, 3.63) is 90.0 Å². The van der Waals surface area contributed by atoms with Crippen molar-refractivity contribution in [2.45, 2.75) is 6.54 Å². The minimum absolute atomic E-state index is 0.0261. The van der Waals surface area contributed by atoms with Gasteiger partial charge in [0.1, 0.15) is 0 Å². The maximum absolute atomic E-state index is 12.6. The van der Waals surface area contributed by atoms with Gasteiger partial charge in [0.25, 0.3) is 5.91 Å².